The van der Waals surface area contributed by atoms with Crippen LogP contribution in [0.25, 0.3) is 6.08 Å². The lowest BCUT2D eigenvalue weighted by Crippen LogP contribution is -2.22. The summed E-state index contributed by atoms with van der Waals surface area (Å²) in [6.07, 6.45) is 1.29. The van der Waals surface area contributed by atoms with Gasteiger partial charge in [-0.15, -0.1) is 0 Å². The van der Waals surface area contributed by atoms with E-state index in [0.717, 1.165) is 0 Å². The molecule has 0 aliphatic carbocycles. The number of likely N-dealkylation sites (N-methyl/N-ethyl adjacent to an activating group) is 1. The Morgan fingerprint density at radius 1 is 1.35 bits per heavy atom. The third-order valence-corrected chi connectivity index (χ3v) is 2.83. The molecular weight excluding hydrogens is 300 g/mol. The summed E-state index contributed by atoms with van der Waals surface area (Å²) in [5, 5.41) is 17.7. The maximum atomic E-state index is 11.8. The third kappa shape index (κ3) is 5.36. The Hall–Kier alpha value is -3.01. The number of nitrogens with zero attached hydrogens (tertiary/aromatic N) is 2. The summed E-state index contributed by atoms with van der Waals surface area (Å²) in [4.78, 5) is 23.7. The van der Waals surface area contributed by atoms with Gasteiger partial charge in [0.25, 0.3) is 5.91 Å². The van der Waals surface area contributed by atoms with E-state index in [1.165, 1.54) is 18.1 Å². The molecule has 0 heterocycles. The summed E-state index contributed by atoms with van der Waals surface area (Å²) < 4.78 is 10.5. The van der Waals surface area contributed by atoms with Crippen LogP contribution in [0.4, 0.5) is 0 Å². The molecule has 0 saturated carbocycles. The summed E-state index contributed by atoms with van der Waals surface area (Å²) in [7, 11) is 4.58. The second-order valence-corrected chi connectivity index (χ2v) is 4.77. The molecule has 1 aromatic rings. The van der Waals surface area contributed by atoms with Crippen molar-refractivity contribution in [3.63, 3.8) is 0 Å². The predicted octanol–water partition coefficient (Wildman–Crippen LogP) is 1.54. The van der Waals surface area contributed by atoms with Gasteiger partial charge in [-0.3, -0.25) is 9.59 Å². The highest BCUT2D eigenvalue weighted by Gasteiger charge is 2.12. The number of aliphatic carboxylic acids is 1. The zero-order chi connectivity index (χ0) is 17.4. The van der Waals surface area contributed by atoms with Crippen LogP contribution >= 0.6 is 0 Å². The highest BCUT2D eigenvalue weighted by atomic mass is 16.5. The van der Waals surface area contributed by atoms with E-state index >= 15 is 0 Å². The van der Waals surface area contributed by atoms with E-state index in [0.29, 0.717) is 17.1 Å². The highest BCUT2D eigenvalue weighted by Crippen LogP contribution is 2.29. The lowest BCUT2D eigenvalue weighted by molar-refractivity contribution is -0.137. The molecule has 0 aromatic heterocycles. The van der Waals surface area contributed by atoms with Gasteiger partial charge in [0, 0.05) is 14.1 Å². The number of carbonyl (C=O) groups is 2. The molecule has 0 unspecified atom stereocenters. The summed E-state index contributed by atoms with van der Waals surface area (Å²) in [5.41, 5.74) is 0.555. The molecule has 0 aliphatic rings. The fourth-order valence-corrected chi connectivity index (χ4v) is 1.69. The minimum Gasteiger partial charge on any atom is -0.493 e. The minimum atomic E-state index is -0.969. The number of ether oxygens (including phenoxy) is 2. The largest absolute Gasteiger partial charge is 0.493 e. The average Bonchev–Trinajstić information content (AvgIpc) is 2.51. The molecule has 122 valence electrons. The molecule has 0 atom stereocenters. The fraction of sp³-hybridized carbons (Fsp3) is 0.312. The summed E-state index contributed by atoms with van der Waals surface area (Å²) in [5.74, 6) is -0.595. The first-order chi connectivity index (χ1) is 10.9. The van der Waals surface area contributed by atoms with E-state index in [2.05, 4.69) is 0 Å². The van der Waals surface area contributed by atoms with Gasteiger partial charge in [-0.2, -0.15) is 5.26 Å². The van der Waals surface area contributed by atoms with E-state index in [1.54, 1.807) is 32.3 Å². The van der Waals surface area contributed by atoms with Crippen molar-refractivity contribution in [2.24, 2.45) is 0 Å². The van der Waals surface area contributed by atoms with Gasteiger partial charge in [-0.25, -0.2) is 0 Å². The number of carboxylic acids is 1. The number of benzene rings is 1. The molecule has 1 N–H and O–H groups in total. The van der Waals surface area contributed by atoms with Crippen LogP contribution in [-0.4, -0.2) is 49.7 Å². The second kappa shape index (κ2) is 8.44. The summed E-state index contributed by atoms with van der Waals surface area (Å²) in [6, 6.07) is 6.73. The third-order valence-electron chi connectivity index (χ3n) is 2.83. The zero-order valence-electron chi connectivity index (χ0n) is 13.2. The lowest BCUT2D eigenvalue weighted by atomic mass is 10.1. The van der Waals surface area contributed by atoms with Crippen LogP contribution in [0.15, 0.2) is 23.8 Å². The Kier molecular flexibility index (Phi) is 6.62. The average molecular weight is 318 g/mol. The van der Waals surface area contributed by atoms with Crippen LogP contribution in [0.2, 0.25) is 0 Å². The molecule has 7 nitrogen and oxygen atoms in total. The van der Waals surface area contributed by atoms with Gasteiger partial charge in [-0.1, -0.05) is 6.07 Å². The normalized spacial score (nSPS) is 10.6. The summed E-state index contributed by atoms with van der Waals surface area (Å²) in [6.45, 7) is -0.0133. The van der Waals surface area contributed by atoms with Gasteiger partial charge in [0.1, 0.15) is 11.6 Å². The maximum Gasteiger partial charge on any atom is 0.306 e. The SMILES string of the molecule is COc1ccc(C=C(C#N)C(=O)N(C)C)cc1OCCC(=O)O. The van der Waals surface area contributed by atoms with Crippen LogP contribution in [0.5, 0.6) is 11.5 Å². The molecule has 0 spiro atoms. The van der Waals surface area contributed by atoms with Crippen molar-refractivity contribution in [2.45, 2.75) is 6.42 Å². The number of hydrogen-bond donors (Lipinski definition) is 1. The zero-order valence-corrected chi connectivity index (χ0v) is 13.2. The van der Waals surface area contributed by atoms with Crippen LogP contribution in [-0.2, 0) is 9.59 Å². The second-order valence-electron chi connectivity index (χ2n) is 4.77. The molecule has 0 bridgehead atoms. The van der Waals surface area contributed by atoms with Crippen LogP contribution in [0.3, 0.4) is 0 Å². The Labute approximate surface area is 134 Å². The quantitative estimate of drug-likeness (QED) is 0.604. The number of methoxy groups -OCH3 is 1. The van der Waals surface area contributed by atoms with Crippen molar-refractivity contribution < 1.29 is 24.2 Å². The van der Waals surface area contributed by atoms with Crippen molar-refractivity contribution in [2.75, 3.05) is 27.8 Å². The minimum absolute atomic E-state index is 0.0133. The van der Waals surface area contributed by atoms with E-state index in [4.69, 9.17) is 19.8 Å². The molecular formula is C16H18N2O5. The fourth-order valence-electron chi connectivity index (χ4n) is 1.69. The van der Waals surface area contributed by atoms with Gasteiger partial charge in [0.15, 0.2) is 11.5 Å². The molecule has 0 radical (unpaired) electrons. The lowest BCUT2D eigenvalue weighted by Gasteiger charge is -2.11. The van der Waals surface area contributed by atoms with Gasteiger partial charge in [0.05, 0.1) is 20.1 Å². The maximum absolute atomic E-state index is 11.8. The van der Waals surface area contributed by atoms with Gasteiger partial charge >= 0.3 is 5.97 Å². The molecule has 1 aromatic carbocycles. The smallest absolute Gasteiger partial charge is 0.306 e. The van der Waals surface area contributed by atoms with Gasteiger partial charge in [0.2, 0.25) is 0 Å². The first-order valence-electron chi connectivity index (χ1n) is 6.75. The molecule has 7 heteroatoms. The monoisotopic (exact) mass is 318 g/mol. The Morgan fingerprint density at radius 2 is 2.04 bits per heavy atom. The van der Waals surface area contributed by atoms with Crippen molar-refractivity contribution in [3.8, 4) is 17.6 Å². The number of carbonyl (C=O) groups excluding carboxylic acids is 1. The van der Waals surface area contributed by atoms with E-state index in [-0.39, 0.29) is 18.6 Å². The van der Waals surface area contributed by atoms with Crippen LogP contribution in [0, 0.1) is 11.3 Å². The topological polar surface area (TPSA) is 99.9 Å². The number of amides is 1. The van der Waals surface area contributed by atoms with Crippen molar-refractivity contribution in [1.82, 2.24) is 4.90 Å². The van der Waals surface area contributed by atoms with E-state index < -0.39 is 11.9 Å². The molecule has 0 fully saturated rings. The number of nitriles is 1. The number of hydrogen-bond acceptors (Lipinski definition) is 5. The van der Waals surface area contributed by atoms with Crippen molar-refractivity contribution in [3.05, 3.63) is 29.3 Å². The van der Waals surface area contributed by atoms with Crippen LogP contribution in [0.1, 0.15) is 12.0 Å². The molecule has 1 amide bonds. The van der Waals surface area contributed by atoms with Crippen LogP contribution < -0.4 is 9.47 Å². The molecule has 0 aliphatic heterocycles. The molecule has 0 saturated heterocycles. The standard InChI is InChI=1S/C16H18N2O5/c1-18(2)16(21)12(10-17)8-11-4-5-13(22-3)14(9-11)23-7-6-15(19)20/h4-5,8-9H,6-7H2,1-3H3,(H,19,20). The first kappa shape index (κ1) is 18.0. The van der Waals surface area contributed by atoms with Gasteiger partial charge in [-0.05, 0) is 23.8 Å². The van der Waals surface area contributed by atoms with E-state index in [9.17, 15) is 9.59 Å². The molecule has 23 heavy (non-hydrogen) atoms. The highest BCUT2D eigenvalue weighted by molar-refractivity contribution is 6.01. The Morgan fingerprint density at radius 3 is 2.57 bits per heavy atom. The van der Waals surface area contributed by atoms with Gasteiger partial charge < -0.3 is 19.5 Å². The van der Waals surface area contributed by atoms with E-state index in [1.807, 2.05) is 6.07 Å². The van der Waals surface area contributed by atoms with Crippen molar-refractivity contribution >= 4 is 18.0 Å². The molecule has 1 rings (SSSR count). The Bertz CT molecular complexity index is 659. The number of carboxylic acid groups (broad SMARTS) is 1. The van der Waals surface area contributed by atoms with Crippen molar-refractivity contribution in [1.29, 1.82) is 5.26 Å². The summed E-state index contributed by atoms with van der Waals surface area (Å²) >= 11 is 0. The number of rotatable bonds is 7. The first-order valence-corrected chi connectivity index (χ1v) is 6.75. The Balaban J connectivity index is 3.06. The predicted molar refractivity (Wildman–Crippen MR) is 83.0 cm³/mol.